The van der Waals surface area contributed by atoms with Crippen molar-refractivity contribution >= 4 is 12.4 Å². The van der Waals surface area contributed by atoms with E-state index in [0.29, 0.717) is 13.1 Å². The zero-order chi connectivity index (χ0) is 18.5. The minimum Gasteiger partial charge on any atom is -0.395 e. The first-order valence-electron chi connectivity index (χ1n) is 9.45. The topological polar surface area (TPSA) is 46.9 Å². The lowest BCUT2D eigenvalue weighted by atomic mass is 9.93. The maximum atomic E-state index is 9.71. The standard InChI is InChI=1S/C22H30N2O2.ClH/c1-17-3-7-19(8-4-17)21-15-23(11-13-25)16-22(24(21)12-14-26)20-9-5-18(2)6-10-20;/h3-10,21-22,25-26H,11-16H2,1-2H3;1H. The van der Waals surface area contributed by atoms with Crippen molar-refractivity contribution < 1.29 is 10.2 Å². The van der Waals surface area contributed by atoms with Crippen LogP contribution in [0.15, 0.2) is 48.5 Å². The molecule has 1 aliphatic heterocycles. The van der Waals surface area contributed by atoms with Gasteiger partial charge in [0, 0.05) is 38.3 Å². The quantitative estimate of drug-likeness (QED) is 0.795. The summed E-state index contributed by atoms with van der Waals surface area (Å²) >= 11 is 0. The van der Waals surface area contributed by atoms with Crippen LogP contribution in [0.25, 0.3) is 0 Å². The molecule has 3 rings (SSSR count). The molecule has 0 aromatic heterocycles. The number of hydrogen-bond donors (Lipinski definition) is 2. The molecule has 1 heterocycles. The van der Waals surface area contributed by atoms with Gasteiger partial charge in [0.25, 0.3) is 0 Å². The van der Waals surface area contributed by atoms with Gasteiger partial charge in [-0.3, -0.25) is 9.80 Å². The lowest BCUT2D eigenvalue weighted by Crippen LogP contribution is -2.51. The molecule has 2 atom stereocenters. The van der Waals surface area contributed by atoms with E-state index in [2.05, 4.69) is 72.2 Å². The van der Waals surface area contributed by atoms with Crippen molar-refractivity contribution in [1.29, 1.82) is 0 Å². The molecule has 0 bridgehead atoms. The van der Waals surface area contributed by atoms with E-state index in [0.717, 1.165) is 13.1 Å². The molecule has 27 heavy (non-hydrogen) atoms. The second-order valence-corrected chi connectivity index (χ2v) is 7.30. The Morgan fingerprint density at radius 3 is 1.52 bits per heavy atom. The Morgan fingerprint density at radius 1 is 0.741 bits per heavy atom. The third-order valence-electron chi connectivity index (χ3n) is 5.36. The van der Waals surface area contributed by atoms with E-state index in [1.54, 1.807) is 0 Å². The van der Waals surface area contributed by atoms with Crippen LogP contribution >= 0.6 is 12.4 Å². The normalized spacial score (nSPS) is 21.0. The van der Waals surface area contributed by atoms with Crippen molar-refractivity contribution in [2.24, 2.45) is 0 Å². The molecular formula is C22H31ClN2O2. The SMILES string of the molecule is Cc1ccc(C2CN(CCO)CC(c3ccc(C)cc3)N2CCO)cc1.Cl. The highest BCUT2D eigenvalue weighted by Gasteiger charge is 2.35. The van der Waals surface area contributed by atoms with Crippen molar-refractivity contribution in [2.75, 3.05) is 39.4 Å². The predicted molar refractivity (Wildman–Crippen MR) is 112 cm³/mol. The van der Waals surface area contributed by atoms with Gasteiger partial charge in [0.15, 0.2) is 0 Å². The Hall–Kier alpha value is -1.43. The average Bonchev–Trinajstić information content (AvgIpc) is 2.64. The fourth-order valence-corrected chi connectivity index (χ4v) is 3.91. The molecule has 148 valence electrons. The first kappa shape index (κ1) is 21.9. The maximum Gasteiger partial charge on any atom is 0.0558 e. The predicted octanol–water partition coefficient (Wildman–Crippen LogP) is 3.11. The van der Waals surface area contributed by atoms with E-state index in [1.807, 2.05) is 0 Å². The summed E-state index contributed by atoms with van der Waals surface area (Å²) in [6.07, 6.45) is 0. The van der Waals surface area contributed by atoms with Crippen LogP contribution in [0.1, 0.15) is 34.3 Å². The van der Waals surface area contributed by atoms with Crippen LogP contribution in [-0.4, -0.2) is 59.4 Å². The Bertz CT molecular complexity index is 635. The molecule has 0 saturated carbocycles. The van der Waals surface area contributed by atoms with E-state index < -0.39 is 0 Å². The first-order chi connectivity index (χ1) is 12.6. The largest absolute Gasteiger partial charge is 0.395 e. The summed E-state index contributed by atoms with van der Waals surface area (Å²) in [6, 6.07) is 17.8. The minimum absolute atomic E-state index is 0. The Kier molecular flexibility index (Phi) is 8.27. The second-order valence-electron chi connectivity index (χ2n) is 7.30. The van der Waals surface area contributed by atoms with Gasteiger partial charge in [-0.05, 0) is 25.0 Å². The number of hydrogen-bond acceptors (Lipinski definition) is 4. The molecule has 2 aromatic carbocycles. The average molecular weight is 391 g/mol. The molecule has 2 unspecified atom stereocenters. The Labute approximate surface area is 168 Å². The van der Waals surface area contributed by atoms with Crippen molar-refractivity contribution in [3.63, 3.8) is 0 Å². The summed E-state index contributed by atoms with van der Waals surface area (Å²) in [5, 5.41) is 19.2. The monoisotopic (exact) mass is 390 g/mol. The number of nitrogens with zero attached hydrogens (tertiary/aromatic N) is 2. The number of β-amino-alcohol motifs (C(OH)–C–C–N with tert-alkyl or cyclic N) is 2. The lowest BCUT2D eigenvalue weighted by Gasteiger charge is -2.47. The van der Waals surface area contributed by atoms with Crippen LogP contribution in [-0.2, 0) is 0 Å². The fraction of sp³-hybridized carbons (Fsp3) is 0.455. The van der Waals surface area contributed by atoms with E-state index in [-0.39, 0.29) is 37.7 Å². The summed E-state index contributed by atoms with van der Waals surface area (Å²) < 4.78 is 0. The molecule has 0 radical (unpaired) electrons. The number of benzene rings is 2. The van der Waals surface area contributed by atoms with Gasteiger partial charge in [0.05, 0.1) is 13.2 Å². The van der Waals surface area contributed by atoms with Crippen LogP contribution < -0.4 is 0 Å². The molecule has 0 amide bonds. The zero-order valence-corrected chi connectivity index (χ0v) is 17.0. The zero-order valence-electron chi connectivity index (χ0n) is 16.2. The highest BCUT2D eigenvalue weighted by atomic mass is 35.5. The summed E-state index contributed by atoms with van der Waals surface area (Å²) in [5.74, 6) is 0. The van der Waals surface area contributed by atoms with E-state index in [1.165, 1.54) is 22.3 Å². The number of halogens is 1. The summed E-state index contributed by atoms with van der Waals surface area (Å²) in [6.45, 7) is 7.57. The molecule has 0 spiro atoms. The maximum absolute atomic E-state index is 9.71. The molecular weight excluding hydrogens is 360 g/mol. The molecule has 1 saturated heterocycles. The number of aliphatic hydroxyl groups excluding tert-OH is 2. The van der Waals surface area contributed by atoms with Gasteiger partial charge in [-0.25, -0.2) is 0 Å². The van der Waals surface area contributed by atoms with Gasteiger partial charge in [-0.2, -0.15) is 0 Å². The Morgan fingerprint density at radius 2 is 1.15 bits per heavy atom. The third-order valence-corrected chi connectivity index (χ3v) is 5.36. The van der Waals surface area contributed by atoms with Crippen molar-refractivity contribution in [1.82, 2.24) is 9.80 Å². The molecule has 1 fully saturated rings. The molecule has 4 nitrogen and oxygen atoms in total. The molecule has 2 N–H and O–H groups in total. The van der Waals surface area contributed by atoms with Crippen LogP contribution in [0.4, 0.5) is 0 Å². The van der Waals surface area contributed by atoms with Crippen molar-refractivity contribution in [3.05, 3.63) is 70.8 Å². The molecule has 2 aromatic rings. The van der Waals surface area contributed by atoms with Crippen LogP contribution in [0.2, 0.25) is 0 Å². The third kappa shape index (κ3) is 5.31. The number of aryl methyl sites for hydroxylation is 2. The number of rotatable bonds is 6. The summed E-state index contributed by atoms with van der Waals surface area (Å²) in [7, 11) is 0. The van der Waals surface area contributed by atoms with Crippen molar-refractivity contribution in [3.8, 4) is 0 Å². The molecule has 5 heteroatoms. The van der Waals surface area contributed by atoms with Gasteiger partial charge in [0.1, 0.15) is 0 Å². The lowest BCUT2D eigenvalue weighted by molar-refractivity contribution is 0.00437. The van der Waals surface area contributed by atoms with Gasteiger partial charge in [0.2, 0.25) is 0 Å². The Balaban J connectivity index is 0.00000261. The van der Waals surface area contributed by atoms with Gasteiger partial charge in [-0.15, -0.1) is 12.4 Å². The molecule has 1 aliphatic rings. The summed E-state index contributed by atoms with van der Waals surface area (Å²) in [5.41, 5.74) is 5.04. The van der Waals surface area contributed by atoms with Gasteiger partial charge < -0.3 is 10.2 Å². The number of piperazine rings is 1. The van der Waals surface area contributed by atoms with Gasteiger partial charge >= 0.3 is 0 Å². The van der Waals surface area contributed by atoms with Gasteiger partial charge in [-0.1, -0.05) is 59.7 Å². The smallest absolute Gasteiger partial charge is 0.0558 e. The van der Waals surface area contributed by atoms with Crippen LogP contribution in [0.3, 0.4) is 0 Å². The highest BCUT2D eigenvalue weighted by molar-refractivity contribution is 5.85. The van der Waals surface area contributed by atoms with E-state index >= 15 is 0 Å². The summed E-state index contributed by atoms with van der Waals surface area (Å²) in [4.78, 5) is 4.76. The van der Waals surface area contributed by atoms with Crippen molar-refractivity contribution in [2.45, 2.75) is 25.9 Å². The minimum atomic E-state index is 0. The first-order valence-corrected chi connectivity index (χ1v) is 9.45. The van der Waals surface area contributed by atoms with Crippen LogP contribution in [0, 0.1) is 13.8 Å². The molecule has 0 aliphatic carbocycles. The number of aliphatic hydroxyl groups is 2. The highest BCUT2D eigenvalue weighted by Crippen LogP contribution is 2.36. The fourth-order valence-electron chi connectivity index (χ4n) is 3.91. The van der Waals surface area contributed by atoms with E-state index in [9.17, 15) is 10.2 Å². The van der Waals surface area contributed by atoms with E-state index in [4.69, 9.17) is 0 Å². The second kappa shape index (κ2) is 10.2. The van der Waals surface area contributed by atoms with Crippen LogP contribution in [0.5, 0.6) is 0 Å².